The van der Waals surface area contributed by atoms with Gasteiger partial charge in [-0.1, -0.05) is 26.0 Å². The highest BCUT2D eigenvalue weighted by atomic mass is 16.5. The first-order valence-corrected chi connectivity index (χ1v) is 8.54. The van der Waals surface area contributed by atoms with Gasteiger partial charge in [0, 0.05) is 13.2 Å². The van der Waals surface area contributed by atoms with Crippen LogP contribution in [0.15, 0.2) is 59.3 Å². The van der Waals surface area contributed by atoms with Crippen molar-refractivity contribution in [1.82, 2.24) is 9.78 Å². The molecule has 5 heteroatoms. The molecule has 0 N–H and O–H groups in total. The molecule has 0 radical (unpaired) electrons. The molecule has 134 valence electrons. The fourth-order valence-electron chi connectivity index (χ4n) is 2.47. The molecule has 3 rings (SSSR count). The number of aromatic nitrogens is 2. The van der Waals surface area contributed by atoms with Gasteiger partial charge in [-0.25, -0.2) is 0 Å². The lowest BCUT2D eigenvalue weighted by atomic mass is 10.0. The number of hydrogen-bond donors (Lipinski definition) is 0. The van der Waals surface area contributed by atoms with Gasteiger partial charge in [0.1, 0.15) is 23.9 Å². The van der Waals surface area contributed by atoms with Gasteiger partial charge in [-0.3, -0.25) is 9.48 Å². The Morgan fingerprint density at radius 1 is 1.23 bits per heavy atom. The molecule has 1 aromatic carbocycles. The van der Waals surface area contributed by atoms with Crippen molar-refractivity contribution in [3.05, 3.63) is 77.5 Å². The number of hydrogen-bond acceptors (Lipinski definition) is 4. The van der Waals surface area contributed by atoms with Gasteiger partial charge in [-0.2, -0.15) is 5.10 Å². The Balaban J connectivity index is 1.56. The van der Waals surface area contributed by atoms with Crippen LogP contribution in [0.3, 0.4) is 0 Å². The Bertz CT molecular complexity index is 901. The third kappa shape index (κ3) is 4.51. The first-order valence-electron chi connectivity index (χ1n) is 8.54. The number of ether oxygens (including phenoxy) is 1. The Labute approximate surface area is 152 Å². The van der Waals surface area contributed by atoms with Crippen LogP contribution in [0.1, 0.15) is 47.2 Å². The molecule has 0 spiro atoms. The smallest absolute Gasteiger partial charge is 0.189 e. The minimum Gasteiger partial charge on any atom is -0.486 e. The number of rotatable bonds is 7. The van der Waals surface area contributed by atoms with Crippen LogP contribution < -0.4 is 4.74 Å². The van der Waals surface area contributed by atoms with Crippen molar-refractivity contribution in [2.75, 3.05) is 0 Å². The van der Waals surface area contributed by atoms with Crippen molar-refractivity contribution in [2.24, 2.45) is 7.05 Å². The van der Waals surface area contributed by atoms with Crippen molar-refractivity contribution in [3.63, 3.8) is 0 Å². The molecule has 2 aromatic heterocycles. The average molecular weight is 350 g/mol. The first kappa shape index (κ1) is 17.7. The molecular weight excluding hydrogens is 328 g/mol. The number of benzene rings is 1. The van der Waals surface area contributed by atoms with Gasteiger partial charge in [0.05, 0.1) is 11.8 Å². The van der Waals surface area contributed by atoms with E-state index < -0.39 is 0 Å². The predicted octanol–water partition coefficient (Wildman–Crippen LogP) is 4.61. The zero-order valence-corrected chi connectivity index (χ0v) is 15.2. The van der Waals surface area contributed by atoms with E-state index >= 15 is 0 Å². The van der Waals surface area contributed by atoms with Gasteiger partial charge in [0.25, 0.3) is 0 Å². The third-order valence-corrected chi connectivity index (χ3v) is 4.00. The minimum atomic E-state index is -0.113. The second-order valence-electron chi connectivity index (χ2n) is 6.42. The second kappa shape index (κ2) is 7.87. The average Bonchev–Trinajstić information content (AvgIpc) is 3.27. The fourth-order valence-corrected chi connectivity index (χ4v) is 2.47. The lowest BCUT2D eigenvalue weighted by Crippen LogP contribution is -1.94. The number of carbonyl (C=O) groups excluding carboxylic acids is 1. The molecule has 0 saturated heterocycles. The van der Waals surface area contributed by atoms with Crippen LogP contribution in [0.4, 0.5) is 0 Å². The summed E-state index contributed by atoms with van der Waals surface area (Å²) in [5, 5.41) is 3.99. The molecule has 26 heavy (non-hydrogen) atoms. The normalized spacial score (nSPS) is 11.4. The fraction of sp³-hybridized carbons (Fsp3) is 0.238. The predicted molar refractivity (Wildman–Crippen MR) is 100 cm³/mol. The summed E-state index contributed by atoms with van der Waals surface area (Å²) in [5.74, 6) is 2.49. The van der Waals surface area contributed by atoms with Crippen LogP contribution in [0.25, 0.3) is 6.08 Å². The van der Waals surface area contributed by atoms with Gasteiger partial charge in [0.2, 0.25) is 0 Å². The van der Waals surface area contributed by atoms with Gasteiger partial charge >= 0.3 is 0 Å². The van der Waals surface area contributed by atoms with Crippen molar-refractivity contribution in [3.8, 4) is 5.75 Å². The largest absolute Gasteiger partial charge is 0.486 e. The number of nitrogens with zero attached hydrogens (tertiary/aromatic N) is 2. The van der Waals surface area contributed by atoms with E-state index in [1.807, 2.05) is 24.3 Å². The SMILES string of the molecule is CC(C)c1ccc(OCc2ccc(/C=C/C(=O)c3cnn(C)c3)o2)cc1. The summed E-state index contributed by atoms with van der Waals surface area (Å²) in [7, 11) is 1.77. The zero-order chi connectivity index (χ0) is 18.5. The maximum Gasteiger partial charge on any atom is 0.189 e. The van der Waals surface area contributed by atoms with Crippen molar-refractivity contribution in [1.29, 1.82) is 0 Å². The Morgan fingerprint density at radius 3 is 2.65 bits per heavy atom. The Morgan fingerprint density at radius 2 is 2.00 bits per heavy atom. The molecule has 0 atom stereocenters. The molecule has 5 nitrogen and oxygen atoms in total. The Hall–Kier alpha value is -3.08. The summed E-state index contributed by atoms with van der Waals surface area (Å²) in [4.78, 5) is 12.0. The van der Waals surface area contributed by atoms with E-state index in [1.165, 1.54) is 11.6 Å². The van der Waals surface area contributed by atoms with E-state index in [0.29, 0.717) is 29.6 Å². The molecule has 0 aliphatic carbocycles. The lowest BCUT2D eigenvalue weighted by molar-refractivity contribution is 0.104. The third-order valence-electron chi connectivity index (χ3n) is 4.00. The van der Waals surface area contributed by atoms with Crippen LogP contribution in [0.2, 0.25) is 0 Å². The molecule has 0 fully saturated rings. The molecule has 0 aliphatic rings. The minimum absolute atomic E-state index is 0.113. The summed E-state index contributed by atoms with van der Waals surface area (Å²) < 4.78 is 13.0. The number of furan rings is 1. The topological polar surface area (TPSA) is 57.3 Å². The van der Waals surface area contributed by atoms with Gasteiger partial charge in [0.15, 0.2) is 5.78 Å². The quantitative estimate of drug-likeness (QED) is 0.461. The standard InChI is InChI=1S/C21H22N2O3/c1-15(2)16-4-6-18(7-5-16)25-14-20-9-8-19(26-20)10-11-21(24)17-12-22-23(3)13-17/h4-13,15H,14H2,1-3H3/b11-10+. The van der Waals surface area contributed by atoms with E-state index in [2.05, 4.69) is 31.1 Å². The molecule has 0 unspecified atom stereocenters. The second-order valence-corrected chi connectivity index (χ2v) is 6.42. The molecule has 3 aromatic rings. The zero-order valence-electron chi connectivity index (χ0n) is 15.2. The van der Waals surface area contributed by atoms with Crippen LogP contribution in [-0.2, 0) is 13.7 Å². The van der Waals surface area contributed by atoms with E-state index in [0.717, 1.165) is 5.75 Å². The van der Waals surface area contributed by atoms with E-state index in [4.69, 9.17) is 9.15 Å². The van der Waals surface area contributed by atoms with E-state index in [-0.39, 0.29) is 5.78 Å². The lowest BCUT2D eigenvalue weighted by Gasteiger charge is -2.07. The van der Waals surface area contributed by atoms with Gasteiger partial charge < -0.3 is 9.15 Å². The van der Waals surface area contributed by atoms with Crippen molar-refractivity contribution in [2.45, 2.75) is 26.4 Å². The van der Waals surface area contributed by atoms with Gasteiger partial charge in [-0.05, 0) is 47.9 Å². The van der Waals surface area contributed by atoms with E-state index in [1.54, 1.807) is 30.2 Å². The first-order chi connectivity index (χ1) is 12.5. The summed E-state index contributed by atoms with van der Waals surface area (Å²) in [5.41, 5.74) is 1.82. The number of allylic oxidation sites excluding steroid dienone is 1. The van der Waals surface area contributed by atoms with Crippen molar-refractivity contribution < 1.29 is 13.9 Å². The molecule has 0 bridgehead atoms. The van der Waals surface area contributed by atoms with E-state index in [9.17, 15) is 4.79 Å². The summed E-state index contributed by atoms with van der Waals surface area (Å²) >= 11 is 0. The molecule has 0 saturated carbocycles. The molecule has 0 aliphatic heterocycles. The summed E-state index contributed by atoms with van der Waals surface area (Å²) in [6.45, 7) is 4.66. The van der Waals surface area contributed by atoms with Crippen LogP contribution in [0, 0.1) is 0 Å². The summed E-state index contributed by atoms with van der Waals surface area (Å²) in [6, 6.07) is 11.7. The van der Waals surface area contributed by atoms with Gasteiger partial charge in [-0.15, -0.1) is 0 Å². The number of carbonyl (C=O) groups is 1. The molecular formula is C21H22N2O3. The summed E-state index contributed by atoms with van der Waals surface area (Å²) in [6.07, 6.45) is 6.35. The highest BCUT2D eigenvalue weighted by Gasteiger charge is 2.06. The highest BCUT2D eigenvalue weighted by Crippen LogP contribution is 2.20. The van der Waals surface area contributed by atoms with Crippen LogP contribution in [-0.4, -0.2) is 15.6 Å². The van der Waals surface area contributed by atoms with Crippen LogP contribution in [0.5, 0.6) is 5.75 Å². The molecule has 0 amide bonds. The van der Waals surface area contributed by atoms with Crippen LogP contribution >= 0.6 is 0 Å². The highest BCUT2D eigenvalue weighted by molar-refractivity contribution is 6.06. The van der Waals surface area contributed by atoms with Crippen molar-refractivity contribution >= 4 is 11.9 Å². The molecule has 2 heterocycles. The number of ketones is 1. The number of aryl methyl sites for hydroxylation is 1. The maximum absolute atomic E-state index is 12.0. The Kier molecular flexibility index (Phi) is 5.37. The maximum atomic E-state index is 12.0. The monoisotopic (exact) mass is 350 g/mol.